The molecule has 0 radical (unpaired) electrons. The molecule has 0 aliphatic rings. The Bertz CT molecular complexity index is 624. The number of halogens is 1. The van der Waals surface area contributed by atoms with Crippen LogP contribution in [0.5, 0.6) is 0 Å². The lowest BCUT2D eigenvalue weighted by Crippen LogP contribution is -2.30. The average Bonchev–Trinajstić information content (AvgIpc) is 2.72. The van der Waals surface area contributed by atoms with Gasteiger partial charge in [0.05, 0.1) is 11.0 Å². The van der Waals surface area contributed by atoms with Crippen molar-refractivity contribution in [2.45, 2.75) is 26.4 Å². The van der Waals surface area contributed by atoms with Crippen LogP contribution in [0.15, 0.2) is 18.2 Å². The van der Waals surface area contributed by atoms with Crippen molar-refractivity contribution in [3.05, 3.63) is 23.2 Å². The molecule has 108 valence electrons. The first-order valence-corrected chi connectivity index (χ1v) is 6.99. The number of nitrogens with one attached hydrogen (secondary N) is 1. The van der Waals surface area contributed by atoms with Gasteiger partial charge >= 0.3 is 0 Å². The van der Waals surface area contributed by atoms with Crippen LogP contribution in [0.25, 0.3) is 11.0 Å². The van der Waals surface area contributed by atoms with Gasteiger partial charge in [-0.05, 0) is 31.5 Å². The molecule has 6 heteroatoms. The summed E-state index contributed by atoms with van der Waals surface area (Å²) in [5.74, 6) is 0.310. The van der Waals surface area contributed by atoms with Gasteiger partial charge in [-0.3, -0.25) is 10.1 Å². The van der Waals surface area contributed by atoms with E-state index in [0.717, 1.165) is 11.0 Å². The first kappa shape index (κ1) is 14.8. The van der Waals surface area contributed by atoms with E-state index >= 15 is 0 Å². The third-order valence-corrected chi connectivity index (χ3v) is 3.34. The third kappa shape index (κ3) is 2.94. The minimum atomic E-state index is -0.455. The zero-order valence-electron chi connectivity index (χ0n) is 11.8. The molecule has 1 atom stereocenters. The molecule has 0 aliphatic carbocycles. The van der Waals surface area contributed by atoms with Gasteiger partial charge in [0, 0.05) is 18.7 Å². The Labute approximate surface area is 122 Å². The van der Waals surface area contributed by atoms with E-state index in [1.54, 1.807) is 12.1 Å². The highest BCUT2D eigenvalue weighted by Gasteiger charge is 2.19. The number of carbonyl (C=O) groups is 1. The zero-order chi connectivity index (χ0) is 14.7. The first-order valence-electron chi connectivity index (χ1n) is 6.61. The highest BCUT2D eigenvalue weighted by atomic mass is 35.5. The average molecular weight is 296 g/mol. The molecule has 0 unspecified atom stereocenters. The van der Waals surface area contributed by atoms with E-state index in [1.165, 1.54) is 0 Å². The molecule has 0 saturated carbocycles. The van der Waals surface area contributed by atoms with Crippen LogP contribution in [0.4, 0.5) is 5.95 Å². The summed E-state index contributed by atoms with van der Waals surface area (Å²) in [6.07, 6.45) is 0.165. The second-order valence-corrected chi connectivity index (χ2v) is 4.91. The minimum absolute atomic E-state index is 0.182. The Morgan fingerprint density at radius 2 is 2.25 bits per heavy atom. The number of rotatable bonds is 5. The van der Waals surface area contributed by atoms with Gasteiger partial charge in [0.1, 0.15) is 6.10 Å². The topological polar surface area (TPSA) is 56.1 Å². The third-order valence-electron chi connectivity index (χ3n) is 3.11. The predicted molar refractivity (Wildman–Crippen MR) is 80.1 cm³/mol. The summed E-state index contributed by atoms with van der Waals surface area (Å²) in [6, 6.07) is 5.44. The lowest BCUT2D eigenvalue weighted by atomic mass is 10.2. The molecule has 0 fully saturated rings. The fourth-order valence-corrected chi connectivity index (χ4v) is 2.22. The summed E-state index contributed by atoms with van der Waals surface area (Å²) >= 11 is 5.94. The molecule has 1 aromatic heterocycles. The lowest BCUT2D eigenvalue weighted by molar-refractivity contribution is -0.127. The van der Waals surface area contributed by atoms with Crippen molar-refractivity contribution in [1.82, 2.24) is 9.55 Å². The normalized spacial score (nSPS) is 12.6. The molecule has 0 saturated heterocycles. The van der Waals surface area contributed by atoms with Gasteiger partial charge in [0.15, 0.2) is 0 Å². The zero-order valence-corrected chi connectivity index (χ0v) is 12.6. The van der Waals surface area contributed by atoms with Crippen LogP contribution in [0, 0.1) is 0 Å². The second kappa shape index (κ2) is 6.24. The van der Waals surface area contributed by atoms with Crippen LogP contribution < -0.4 is 5.32 Å². The van der Waals surface area contributed by atoms with Gasteiger partial charge in [-0.1, -0.05) is 18.5 Å². The summed E-state index contributed by atoms with van der Waals surface area (Å²) in [5, 5.41) is 3.42. The molecule has 2 aromatic rings. The number of benzene rings is 1. The van der Waals surface area contributed by atoms with Gasteiger partial charge in [-0.2, -0.15) is 0 Å². The maximum absolute atomic E-state index is 12.1. The molecule has 0 aliphatic heterocycles. The van der Waals surface area contributed by atoms with Crippen LogP contribution in [0.1, 0.15) is 20.3 Å². The van der Waals surface area contributed by atoms with E-state index < -0.39 is 6.10 Å². The molecule has 20 heavy (non-hydrogen) atoms. The highest BCUT2D eigenvalue weighted by molar-refractivity contribution is 6.31. The summed E-state index contributed by atoms with van der Waals surface area (Å²) in [4.78, 5) is 16.5. The Kier molecular flexibility index (Phi) is 4.62. The number of fused-ring (bicyclic) bond motifs is 1. The molecule has 0 bridgehead atoms. The SMILES string of the molecule is CCO[C@@H](CC)C(=O)Nc1nc2cc(Cl)ccc2n1C. The number of aromatic nitrogens is 2. The quantitative estimate of drug-likeness (QED) is 0.922. The summed E-state index contributed by atoms with van der Waals surface area (Å²) < 4.78 is 7.21. The van der Waals surface area contributed by atoms with Gasteiger partial charge in [0.25, 0.3) is 5.91 Å². The van der Waals surface area contributed by atoms with Crippen LogP contribution in [-0.4, -0.2) is 28.2 Å². The first-order chi connectivity index (χ1) is 9.56. The Morgan fingerprint density at radius 1 is 1.50 bits per heavy atom. The van der Waals surface area contributed by atoms with Crippen LogP contribution >= 0.6 is 11.6 Å². The number of hydrogen-bond donors (Lipinski definition) is 1. The highest BCUT2D eigenvalue weighted by Crippen LogP contribution is 2.22. The number of hydrogen-bond acceptors (Lipinski definition) is 3. The number of aryl methyl sites for hydroxylation is 1. The predicted octanol–water partition coefficient (Wildman–Crippen LogP) is 2.98. The molecule has 5 nitrogen and oxygen atoms in total. The Hall–Kier alpha value is -1.59. The standard InChI is InChI=1S/C14H18ClN3O2/c1-4-12(20-5-2)13(19)17-14-16-10-8-9(15)6-7-11(10)18(14)3/h6-8,12H,4-5H2,1-3H3,(H,16,17,19)/t12-/m0/s1. The number of ether oxygens (including phenoxy) is 1. The molecule has 1 heterocycles. The van der Waals surface area contributed by atoms with Gasteiger partial charge < -0.3 is 9.30 Å². The van der Waals surface area contributed by atoms with E-state index in [1.807, 2.05) is 31.5 Å². The number of amides is 1. The van der Waals surface area contributed by atoms with Crippen molar-refractivity contribution < 1.29 is 9.53 Å². The molecule has 2 rings (SSSR count). The Balaban J connectivity index is 2.25. The van der Waals surface area contributed by atoms with Crippen LogP contribution in [0.3, 0.4) is 0 Å². The summed E-state index contributed by atoms with van der Waals surface area (Å²) in [7, 11) is 1.85. The number of carbonyl (C=O) groups excluding carboxylic acids is 1. The van der Waals surface area contributed by atoms with Crippen LogP contribution in [0.2, 0.25) is 5.02 Å². The fraction of sp³-hybridized carbons (Fsp3) is 0.429. The van der Waals surface area contributed by atoms with E-state index in [9.17, 15) is 4.79 Å². The van der Waals surface area contributed by atoms with E-state index in [4.69, 9.17) is 16.3 Å². The van der Waals surface area contributed by atoms with Crippen molar-refractivity contribution in [3.63, 3.8) is 0 Å². The van der Waals surface area contributed by atoms with E-state index in [-0.39, 0.29) is 5.91 Å². The summed E-state index contributed by atoms with van der Waals surface area (Å²) in [5.41, 5.74) is 1.66. The maximum Gasteiger partial charge on any atom is 0.255 e. The fourth-order valence-electron chi connectivity index (χ4n) is 2.06. The van der Waals surface area contributed by atoms with Crippen molar-refractivity contribution in [1.29, 1.82) is 0 Å². The lowest BCUT2D eigenvalue weighted by Gasteiger charge is -2.14. The Morgan fingerprint density at radius 3 is 2.90 bits per heavy atom. The van der Waals surface area contributed by atoms with Crippen molar-refractivity contribution in [2.24, 2.45) is 7.05 Å². The molecule has 0 spiro atoms. The second-order valence-electron chi connectivity index (χ2n) is 4.47. The molecule has 1 aromatic carbocycles. The van der Waals surface area contributed by atoms with Crippen molar-refractivity contribution >= 4 is 34.5 Å². The largest absolute Gasteiger partial charge is 0.369 e. The van der Waals surface area contributed by atoms with Gasteiger partial charge in [0.2, 0.25) is 5.95 Å². The number of imidazole rings is 1. The smallest absolute Gasteiger partial charge is 0.255 e. The van der Waals surface area contributed by atoms with E-state index in [2.05, 4.69) is 10.3 Å². The van der Waals surface area contributed by atoms with Crippen molar-refractivity contribution in [2.75, 3.05) is 11.9 Å². The van der Waals surface area contributed by atoms with Crippen molar-refractivity contribution in [3.8, 4) is 0 Å². The number of nitrogens with zero attached hydrogens (tertiary/aromatic N) is 2. The van der Waals surface area contributed by atoms with Gasteiger partial charge in [-0.15, -0.1) is 0 Å². The monoisotopic (exact) mass is 295 g/mol. The minimum Gasteiger partial charge on any atom is -0.369 e. The molecular weight excluding hydrogens is 278 g/mol. The molecular formula is C14H18ClN3O2. The number of anilines is 1. The molecule has 1 N–H and O–H groups in total. The molecule has 1 amide bonds. The van der Waals surface area contributed by atoms with Crippen LogP contribution in [-0.2, 0) is 16.6 Å². The van der Waals surface area contributed by atoms with E-state index in [0.29, 0.717) is 24.0 Å². The maximum atomic E-state index is 12.1. The summed E-state index contributed by atoms with van der Waals surface area (Å²) in [6.45, 7) is 4.28. The van der Waals surface area contributed by atoms with Gasteiger partial charge in [-0.25, -0.2) is 4.98 Å².